The van der Waals surface area contributed by atoms with Crippen molar-refractivity contribution in [2.45, 2.75) is 45.1 Å². The predicted molar refractivity (Wildman–Crippen MR) is 131 cm³/mol. The minimum atomic E-state index is -0.863. The second kappa shape index (κ2) is 9.02. The zero-order valence-corrected chi connectivity index (χ0v) is 20.2. The maximum absolute atomic E-state index is 13.5. The maximum atomic E-state index is 13.5. The summed E-state index contributed by atoms with van der Waals surface area (Å²) in [5, 5.41) is 12.4. The van der Waals surface area contributed by atoms with Crippen LogP contribution >= 0.6 is 0 Å². The van der Waals surface area contributed by atoms with E-state index in [4.69, 9.17) is 4.74 Å². The van der Waals surface area contributed by atoms with Crippen LogP contribution in [0.1, 0.15) is 50.2 Å². The second-order valence-electron chi connectivity index (χ2n) is 10.5. The first-order valence-electron chi connectivity index (χ1n) is 12.4. The third-order valence-electron chi connectivity index (χ3n) is 8.30. The number of fused-ring (bicyclic) bond motifs is 3. The van der Waals surface area contributed by atoms with E-state index in [0.717, 1.165) is 17.5 Å². The fourth-order valence-electron chi connectivity index (χ4n) is 6.25. The number of hydrogen-bond acceptors (Lipinski definition) is 4. The Labute approximate surface area is 205 Å². The molecule has 4 atom stereocenters. The fraction of sp³-hybridized carbons (Fsp3) is 0.464. The minimum absolute atomic E-state index is 0.0243. The molecule has 1 aliphatic heterocycles. The van der Waals surface area contributed by atoms with Gasteiger partial charge < -0.3 is 20.1 Å². The summed E-state index contributed by atoms with van der Waals surface area (Å²) in [4.78, 5) is 39.5. The topological polar surface area (TPSA) is 95.9 Å². The highest BCUT2D eigenvalue weighted by atomic mass is 16.5. The number of ether oxygens (including phenoxy) is 1. The van der Waals surface area contributed by atoms with Crippen LogP contribution in [0, 0.1) is 17.3 Å². The number of likely N-dealkylation sites (tertiary alicyclic amines) is 1. The molecule has 3 aliphatic rings. The van der Waals surface area contributed by atoms with Gasteiger partial charge in [-0.15, -0.1) is 0 Å². The number of carbonyl (C=O) groups excluding carboxylic acids is 2. The summed E-state index contributed by atoms with van der Waals surface area (Å²) in [6.45, 7) is 4.64. The number of rotatable bonds is 5. The molecule has 7 heteroatoms. The zero-order valence-electron chi connectivity index (χ0n) is 20.2. The van der Waals surface area contributed by atoms with Crippen molar-refractivity contribution in [1.29, 1.82) is 0 Å². The molecule has 0 radical (unpaired) electrons. The van der Waals surface area contributed by atoms with Gasteiger partial charge in [0.2, 0.25) is 5.91 Å². The van der Waals surface area contributed by atoms with E-state index in [-0.39, 0.29) is 36.9 Å². The smallest absolute Gasteiger partial charge is 0.407 e. The molecule has 2 aromatic rings. The van der Waals surface area contributed by atoms with E-state index in [1.165, 1.54) is 11.1 Å². The average molecular weight is 477 g/mol. The highest BCUT2D eigenvalue weighted by Crippen LogP contribution is 2.45. The van der Waals surface area contributed by atoms with Crippen LogP contribution in [0.15, 0.2) is 48.5 Å². The summed E-state index contributed by atoms with van der Waals surface area (Å²) < 4.78 is 5.71. The molecule has 2 fully saturated rings. The first kappa shape index (κ1) is 23.4. The van der Waals surface area contributed by atoms with Crippen LogP contribution in [0.25, 0.3) is 11.1 Å². The number of hydrogen-bond donors (Lipinski definition) is 2. The van der Waals surface area contributed by atoms with Crippen LogP contribution in [0.5, 0.6) is 0 Å². The monoisotopic (exact) mass is 476 g/mol. The predicted octanol–water partition coefficient (Wildman–Crippen LogP) is 4.26. The van der Waals surface area contributed by atoms with Crippen molar-refractivity contribution in [3.8, 4) is 11.1 Å². The van der Waals surface area contributed by atoms with E-state index >= 15 is 0 Å². The molecule has 0 bridgehead atoms. The molecule has 4 unspecified atom stereocenters. The van der Waals surface area contributed by atoms with Gasteiger partial charge in [-0.2, -0.15) is 0 Å². The average Bonchev–Trinajstić information content (AvgIpc) is 3.51. The van der Waals surface area contributed by atoms with Crippen molar-refractivity contribution in [2.75, 3.05) is 19.7 Å². The second-order valence-corrected chi connectivity index (χ2v) is 10.5. The first-order valence-corrected chi connectivity index (χ1v) is 12.4. The standard InChI is InChI=1S/C28H32N2O5/c1-17-14-30(15-22(17)25(31)32)26(33)28(2)13-7-12-24(28)29-27(34)35-16-23-20-10-5-3-8-18(20)19-9-4-6-11-21(19)23/h3-6,8-11,17,22-24H,7,12-16H2,1-2H3,(H,29,34)(H,31,32). The summed E-state index contributed by atoms with van der Waals surface area (Å²) in [5.41, 5.74) is 3.88. The van der Waals surface area contributed by atoms with E-state index in [1.807, 2.05) is 38.1 Å². The normalized spacial score (nSPS) is 27.4. The van der Waals surface area contributed by atoms with E-state index in [9.17, 15) is 19.5 Å². The molecule has 2 N–H and O–H groups in total. The van der Waals surface area contributed by atoms with E-state index < -0.39 is 23.4 Å². The Morgan fingerprint density at radius 1 is 1.06 bits per heavy atom. The van der Waals surface area contributed by atoms with Gasteiger partial charge in [0, 0.05) is 25.0 Å². The molecule has 0 aromatic heterocycles. The molecule has 2 aromatic carbocycles. The van der Waals surface area contributed by atoms with Gasteiger partial charge in [-0.05, 0) is 47.9 Å². The van der Waals surface area contributed by atoms with Gasteiger partial charge in [0.15, 0.2) is 0 Å². The number of nitrogens with zero attached hydrogens (tertiary/aromatic N) is 1. The summed E-state index contributed by atoms with van der Waals surface area (Å²) >= 11 is 0. The molecule has 35 heavy (non-hydrogen) atoms. The molecular formula is C28H32N2O5. The Hall–Kier alpha value is -3.35. The number of aliphatic carboxylic acids is 1. The number of carbonyl (C=O) groups is 3. The molecule has 7 nitrogen and oxygen atoms in total. The molecule has 184 valence electrons. The number of carboxylic acid groups (broad SMARTS) is 1. The number of amides is 2. The lowest BCUT2D eigenvalue weighted by Gasteiger charge is -2.34. The zero-order chi connectivity index (χ0) is 24.7. The van der Waals surface area contributed by atoms with Gasteiger partial charge in [-0.3, -0.25) is 9.59 Å². The summed E-state index contributed by atoms with van der Waals surface area (Å²) in [5.74, 6) is -1.59. The van der Waals surface area contributed by atoms with Gasteiger partial charge in [0.1, 0.15) is 6.61 Å². The van der Waals surface area contributed by atoms with Gasteiger partial charge in [0.05, 0.1) is 11.3 Å². The molecular weight excluding hydrogens is 444 g/mol. The Kier molecular flexibility index (Phi) is 6.03. The van der Waals surface area contributed by atoms with Gasteiger partial charge in [-0.25, -0.2) is 4.79 Å². The van der Waals surface area contributed by atoms with Crippen molar-refractivity contribution in [3.63, 3.8) is 0 Å². The number of carboxylic acids is 1. The quantitative estimate of drug-likeness (QED) is 0.672. The van der Waals surface area contributed by atoms with Crippen LogP contribution in [-0.2, 0) is 14.3 Å². The fourth-order valence-corrected chi connectivity index (χ4v) is 6.25. The summed E-state index contributed by atoms with van der Waals surface area (Å²) in [7, 11) is 0. The van der Waals surface area contributed by atoms with Gasteiger partial charge >= 0.3 is 12.1 Å². The molecule has 1 saturated heterocycles. The maximum Gasteiger partial charge on any atom is 0.407 e. The highest BCUT2D eigenvalue weighted by Gasteiger charge is 2.50. The third-order valence-corrected chi connectivity index (χ3v) is 8.30. The van der Waals surface area contributed by atoms with Crippen molar-refractivity contribution in [2.24, 2.45) is 17.3 Å². The van der Waals surface area contributed by atoms with Gasteiger partial charge in [0.25, 0.3) is 0 Å². The first-order chi connectivity index (χ1) is 16.8. The molecule has 5 rings (SSSR count). The Morgan fingerprint density at radius 3 is 2.29 bits per heavy atom. The highest BCUT2D eigenvalue weighted by molar-refractivity contribution is 5.86. The van der Waals surface area contributed by atoms with Crippen LogP contribution in [0.3, 0.4) is 0 Å². The van der Waals surface area contributed by atoms with Crippen LogP contribution in [0.2, 0.25) is 0 Å². The van der Waals surface area contributed by atoms with Crippen LogP contribution in [-0.4, -0.2) is 53.7 Å². The molecule has 0 spiro atoms. The number of nitrogens with one attached hydrogen (secondary N) is 1. The lowest BCUT2D eigenvalue weighted by molar-refractivity contribution is -0.143. The van der Waals surface area contributed by atoms with E-state index in [0.29, 0.717) is 19.4 Å². The van der Waals surface area contributed by atoms with Crippen molar-refractivity contribution in [3.05, 3.63) is 59.7 Å². The molecule has 2 amide bonds. The SMILES string of the molecule is CC1CN(C(=O)C2(C)CCCC2NC(=O)OCC2c3ccccc3-c3ccccc32)CC1C(=O)O. The van der Waals surface area contributed by atoms with Gasteiger partial charge in [-0.1, -0.05) is 61.9 Å². The Balaban J connectivity index is 1.24. The van der Waals surface area contributed by atoms with Crippen molar-refractivity contribution < 1.29 is 24.2 Å². The summed E-state index contributed by atoms with van der Waals surface area (Å²) in [6.07, 6.45) is 1.65. The van der Waals surface area contributed by atoms with Crippen molar-refractivity contribution in [1.82, 2.24) is 10.2 Å². The number of alkyl carbamates (subject to hydrolysis) is 1. The number of benzene rings is 2. The van der Waals surface area contributed by atoms with Crippen molar-refractivity contribution >= 4 is 18.0 Å². The third kappa shape index (κ3) is 4.07. The molecule has 2 aliphatic carbocycles. The summed E-state index contributed by atoms with van der Waals surface area (Å²) in [6, 6.07) is 16.0. The lowest BCUT2D eigenvalue weighted by Crippen LogP contribution is -2.52. The molecule has 1 heterocycles. The van der Waals surface area contributed by atoms with E-state index in [1.54, 1.807) is 4.90 Å². The van der Waals surface area contributed by atoms with E-state index in [2.05, 4.69) is 29.6 Å². The Bertz CT molecular complexity index is 1120. The van der Waals surface area contributed by atoms with Crippen LogP contribution < -0.4 is 5.32 Å². The lowest BCUT2D eigenvalue weighted by atomic mass is 9.83. The Morgan fingerprint density at radius 2 is 1.69 bits per heavy atom. The molecule has 1 saturated carbocycles. The van der Waals surface area contributed by atoms with Crippen LogP contribution in [0.4, 0.5) is 4.79 Å². The largest absolute Gasteiger partial charge is 0.481 e. The minimum Gasteiger partial charge on any atom is -0.481 e.